The standard InChI is InChI=1S/C9H8N4OS/c10-9(14)8-6(11-1-2-13-8)5-7-12-3-4-15-7/h1-4H,5H2,(H2,10,14). The zero-order valence-electron chi connectivity index (χ0n) is 7.75. The fraction of sp³-hybridized carbons (Fsp3) is 0.111. The van der Waals surface area contributed by atoms with Gasteiger partial charge in [-0.05, 0) is 0 Å². The minimum absolute atomic E-state index is 0.215. The molecule has 0 atom stereocenters. The van der Waals surface area contributed by atoms with Crippen molar-refractivity contribution in [3.05, 3.63) is 40.4 Å². The van der Waals surface area contributed by atoms with Crippen molar-refractivity contribution in [3.8, 4) is 0 Å². The molecule has 0 radical (unpaired) electrons. The van der Waals surface area contributed by atoms with E-state index in [0.717, 1.165) is 5.01 Å². The summed E-state index contributed by atoms with van der Waals surface area (Å²) >= 11 is 1.51. The summed E-state index contributed by atoms with van der Waals surface area (Å²) in [5, 5.41) is 2.76. The van der Waals surface area contributed by atoms with Crippen LogP contribution in [0.5, 0.6) is 0 Å². The summed E-state index contributed by atoms with van der Waals surface area (Å²) < 4.78 is 0. The molecule has 0 aliphatic carbocycles. The minimum atomic E-state index is -0.561. The predicted molar refractivity (Wildman–Crippen MR) is 55.5 cm³/mol. The second kappa shape index (κ2) is 4.14. The van der Waals surface area contributed by atoms with E-state index in [-0.39, 0.29) is 5.69 Å². The van der Waals surface area contributed by atoms with Crippen LogP contribution in [0.3, 0.4) is 0 Å². The van der Waals surface area contributed by atoms with Gasteiger partial charge in [-0.2, -0.15) is 0 Å². The van der Waals surface area contributed by atoms with Crippen LogP contribution in [0.4, 0.5) is 0 Å². The SMILES string of the molecule is NC(=O)c1nccnc1Cc1nccs1. The molecule has 2 aromatic heterocycles. The molecule has 0 spiro atoms. The Hall–Kier alpha value is -1.82. The molecule has 2 rings (SSSR count). The summed E-state index contributed by atoms with van der Waals surface area (Å²) in [5.74, 6) is -0.561. The Morgan fingerprint density at radius 1 is 1.27 bits per heavy atom. The van der Waals surface area contributed by atoms with E-state index in [4.69, 9.17) is 5.73 Å². The van der Waals surface area contributed by atoms with Crippen molar-refractivity contribution in [1.82, 2.24) is 15.0 Å². The maximum atomic E-state index is 11.1. The number of nitrogens with zero attached hydrogens (tertiary/aromatic N) is 3. The fourth-order valence-electron chi connectivity index (χ4n) is 1.19. The molecule has 5 nitrogen and oxygen atoms in total. The van der Waals surface area contributed by atoms with Crippen molar-refractivity contribution in [1.29, 1.82) is 0 Å². The van der Waals surface area contributed by atoms with Gasteiger partial charge in [0.15, 0.2) is 0 Å². The monoisotopic (exact) mass is 220 g/mol. The summed E-state index contributed by atoms with van der Waals surface area (Å²) in [5.41, 5.74) is 5.97. The Morgan fingerprint density at radius 3 is 2.73 bits per heavy atom. The Labute approximate surface area is 90.0 Å². The van der Waals surface area contributed by atoms with Crippen LogP contribution in [0.2, 0.25) is 0 Å². The van der Waals surface area contributed by atoms with Gasteiger partial charge in [-0.3, -0.25) is 9.78 Å². The summed E-state index contributed by atoms with van der Waals surface area (Å²) in [4.78, 5) is 23.1. The highest BCUT2D eigenvalue weighted by Crippen LogP contribution is 2.11. The first kappa shape index (κ1) is 9.72. The molecule has 15 heavy (non-hydrogen) atoms. The molecule has 0 aromatic carbocycles. The Bertz CT molecular complexity index is 469. The van der Waals surface area contributed by atoms with Gasteiger partial charge in [0.05, 0.1) is 10.7 Å². The maximum absolute atomic E-state index is 11.1. The van der Waals surface area contributed by atoms with Gasteiger partial charge in [-0.25, -0.2) is 9.97 Å². The first-order valence-electron chi connectivity index (χ1n) is 4.25. The molecular formula is C9H8N4OS. The van der Waals surface area contributed by atoms with E-state index in [1.165, 1.54) is 23.7 Å². The van der Waals surface area contributed by atoms with Gasteiger partial charge in [0.2, 0.25) is 0 Å². The van der Waals surface area contributed by atoms with Gasteiger partial charge in [0, 0.05) is 30.4 Å². The topological polar surface area (TPSA) is 81.8 Å². The average Bonchev–Trinajstić information content (AvgIpc) is 2.71. The lowest BCUT2D eigenvalue weighted by atomic mass is 10.2. The highest BCUT2D eigenvalue weighted by molar-refractivity contribution is 7.09. The number of nitrogens with two attached hydrogens (primary N) is 1. The molecule has 2 aromatic rings. The first-order chi connectivity index (χ1) is 7.27. The summed E-state index contributed by atoms with van der Waals surface area (Å²) in [6.07, 6.45) is 5.19. The first-order valence-corrected chi connectivity index (χ1v) is 5.13. The summed E-state index contributed by atoms with van der Waals surface area (Å²) in [7, 11) is 0. The van der Waals surface area contributed by atoms with E-state index in [1.54, 1.807) is 6.20 Å². The number of amides is 1. The number of aromatic nitrogens is 3. The molecule has 0 unspecified atom stereocenters. The smallest absolute Gasteiger partial charge is 0.269 e. The van der Waals surface area contributed by atoms with Gasteiger partial charge >= 0.3 is 0 Å². The number of primary amides is 1. The zero-order valence-corrected chi connectivity index (χ0v) is 8.57. The van der Waals surface area contributed by atoms with Crippen molar-refractivity contribution in [2.45, 2.75) is 6.42 Å². The Kier molecular flexibility index (Phi) is 2.68. The lowest BCUT2D eigenvalue weighted by Crippen LogP contribution is -2.17. The number of rotatable bonds is 3. The van der Waals surface area contributed by atoms with Crippen LogP contribution in [0.25, 0.3) is 0 Å². The molecule has 1 amide bonds. The van der Waals surface area contributed by atoms with Gasteiger partial charge in [-0.1, -0.05) is 0 Å². The van der Waals surface area contributed by atoms with Gasteiger partial charge in [0.1, 0.15) is 5.69 Å². The van der Waals surface area contributed by atoms with Crippen LogP contribution in [-0.2, 0) is 6.42 Å². The van der Waals surface area contributed by atoms with Crippen LogP contribution in [0.15, 0.2) is 24.0 Å². The molecular weight excluding hydrogens is 212 g/mol. The minimum Gasteiger partial charge on any atom is -0.364 e. The van der Waals surface area contributed by atoms with Gasteiger partial charge < -0.3 is 5.73 Å². The lowest BCUT2D eigenvalue weighted by molar-refractivity contribution is 0.0994. The molecule has 2 N–H and O–H groups in total. The number of hydrogen-bond acceptors (Lipinski definition) is 5. The third-order valence-corrected chi connectivity index (χ3v) is 2.59. The maximum Gasteiger partial charge on any atom is 0.269 e. The number of carbonyl (C=O) groups excluding carboxylic acids is 1. The molecule has 2 heterocycles. The fourth-order valence-corrected chi connectivity index (χ4v) is 1.81. The second-order valence-corrected chi connectivity index (χ2v) is 3.80. The highest BCUT2D eigenvalue weighted by atomic mass is 32.1. The van der Waals surface area contributed by atoms with Crippen molar-refractivity contribution in [2.24, 2.45) is 5.73 Å². The molecule has 0 aliphatic heterocycles. The largest absolute Gasteiger partial charge is 0.364 e. The van der Waals surface area contributed by atoms with Gasteiger partial charge in [-0.15, -0.1) is 11.3 Å². The van der Waals surface area contributed by atoms with E-state index in [9.17, 15) is 4.79 Å². The Morgan fingerprint density at radius 2 is 2.07 bits per heavy atom. The normalized spacial score (nSPS) is 10.1. The van der Waals surface area contributed by atoms with Crippen LogP contribution in [0.1, 0.15) is 21.2 Å². The van der Waals surface area contributed by atoms with Crippen LogP contribution in [0, 0.1) is 0 Å². The highest BCUT2D eigenvalue weighted by Gasteiger charge is 2.11. The van der Waals surface area contributed by atoms with Crippen molar-refractivity contribution in [2.75, 3.05) is 0 Å². The van der Waals surface area contributed by atoms with Crippen LogP contribution in [-0.4, -0.2) is 20.9 Å². The number of carbonyl (C=O) groups is 1. The molecule has 0 fully saturated rings. The van der Waals surface area contributed by atoms with E-state index >= 15 is 0 Å². The second-order valence-electron chi connectivity index (χ2n) is 2.82. The molecule has 0 aliphatic rings. The molecule has 6 heteroatoms. The zero-order chi connectivity index (χ0) is 10.7. The number of thiazole rings is 1. The van der Waals surface area contributed by atoms with E-state index in [1.807, 2.05) is 5.38 Å². The molecule has 76 valence electrons. The quantitative estimate of drug-likeness (QED) is 0.822. The number of hydrogen-bond donors (Lipinski definition) is 1. The third kappa shape index (κ3) is 2.16. The van der Waals surface area contributed by atoms with Crippen LogP contribution < -0.4 is 5.73 Å². The van der Waals surface area contributed by atoms with E-state index in [0.29, 0.717) is 12.1 Å². The van der Waals surface area contributed by atoms with Gasteiger partial charge in [0.25, 0.3) is 5.91 Å². The summed E-state index contributed by atoms with van der Waals surface area (Å²) in [6.45, 7) is 0. The van der Waals surface area contributed by atoms with Crippen molar-refractivity contribution >= 4 is 17.2 Å². The Balaban J connectivity index is 2.32. The average molecular weight is 220 g/mol. The van der Waals surface area contributed by atoms with Crippen molar-refractivity contribution < 1.29 is 4.79 Å². The van der Waals surface area contributed by atoms with E-state index < -0.39 is 5.91 Å². The predicted octanol–water partition coefficient (Wildman–Crippen LogP) is 0.623. The molecule has 0 saturated carbocycles. The molecule has 0 bridgehead atoms. The van der Waals surface area contributed by atoms with Crippen molar-refractivity contribution in [3.63, 3.8) is 0 Å². The summed E-state index contributed by atoms with van der Waals surface area (Å²) in [6, 6.07) is 0. The molecule has 0 saturated heterocycles. The third-order valence-electron chi connectivity index (χ3n) is 1.81. The lowest BCUT2D eigenvalue weighted by Gasteiger charge is -2.01. The van der Waals surface area contributed by atoms with Crippen LogP contribution >= 0.6 is 11.3 Å². The van der Waals surface area contributed by atoms with E-state index in [2.05, 4.69) is 15.0 Å².